The second-order valence-electron chi connectivity index (χ2n) is 10.0. The Morgan fingerprint density at radius 1 is 1.15 bits per heavy atom. The molecule has 3 aromatic rings. The van der Waals surface area contributed by atoms with Crippen molar-refractivity contribution in [2.45, 2.75) is 45.4 Å². The number of benzene rings is 2. The Balaban J connectivity index is 2.32. The van der Waals surface area contributed by atoms with E-state index in [0.717, 1.165) is 12.1 Å². The van der Waals surface area contributed by atoms with E-state index in [1.54, 1.807) is 34.7 Å². The maximum Gasteiger partial charge on any atom is 0.250 e. The Labute approximate surface area is 236 Å². The van der Waals surface area contributed by atoms with E-state index in [2.05, 4.69) is 9.44 Å². The summed E-state index contributed by atoms with van der Waals surface area (Å²) in [5.41, 5.74) is 1.14. The van der Waals surface area contributed by atoms with Gasteiger partial charge >= 0.3 is 0 Å². The lowest BCUT2D eigenvalue weighted by Gasteiger charge is -2.27. The van der Waals surface area contributed by atoms with Gasteiger partial charge in [-0.2, -0.15) is 0 Å². The highest BCUT2D eigenvalue weighted by atomic mass is 35.5. The van der Waals surface area contributed by atoms with Crippen LogP contribution in [-0.2, 0) is 28.4 Å². The molecule has 1 heterocycles. The summed E-state index contributed by atoms with van der Waals surface area (Å²) in [6, 6.07) is 8.54. The fraction of sp³-hybridized carbons (Fsp3) is 0.333. The van der Waals surface area contributed by atoms with Crippen LogP contribution >= 0.6 is 11.6 Å². The Hall–Kier alpha value is -2.70. The molecule has 8 nitrogen and oxygen atoms in total. The molecule has 2 N–H and O–H groups in total. The number of hydrogen-bond acceptors (Lipinski definition) is 6. The maximum atomic E-state index is 13.6. The van der Waals surface area contributed by atoms with Crippen LogP contribution in [0.5, 0.6) is 0 Å². The van der Waals surface area contributed by atoms with Gasteiger partial charge in [0.25, 0.3) is 5.56 Å². The number of ketones is 1. The molecule has 0 aliphatic heterocycles. The van der Waals surface area contributed by atoms with Crippen LogP contribution in [0.2, 0.25) is 5.02 Å². The van der Waals surface area contributed by atoms with E-state index in [0.29, 0.717) is 11.1 Å². The first-order valence-electron chi connectivity index (χ1n) is 12.1. The summed E-state index contributed by atoms with van der Waals surface area (Å²) in [6.07, 6.45) is 1.53. The number of pyridine rings is 1. The molecule has 0 saturated carbocycles. The number of carbonyl (C=O) groups is 1. The van der Waals surface area contributed by atoms with Gasteiger partial charge in [-0.1, -0.05) is 11.6 Å². The zero-order chi connectivity index (χ0) is 29.3. The summed E-state index contributed by atoms with van der Waals surface area (Å²) in [5.74, 6) is -1.21. The van der Waals surface area contributed by atoms with Gasteiger partial charge in [0.05, 0.1) is 22.5 Å². The summed E-state index contributed by atoms with van der Waals surface area (Å²) in [4.78, 5) is 26.3. The fourth-order valence-electron chi connectivity index (χ4n) is 3.69. The van der Waals surface area contributed by atoms with Crippen molar-refractivity contribution in [1.82, 2.24) is 9.29 Å². The van der Waals surface area contributed by atoms with E-state index in [1.165, 1.54) is 48.0 Å². The van der Waals surface area contributed by atoms with E-state index in [-0.39, 0.29) is 38.7 Å². The molecule has 0 fully saturated rings. The van der Waals surface area contributed by atoms with Gasteiger partial charge in [-0.15, -0.1) is 4.72 Å². The highest BCUT2D eigenvalue weighted by Crippen LogP contribution is 2.37. The predicted octanol–water partition coefficient (Wildman–Crippen LogP) is 4.95. The number of aryl methyl sites for hydroxylation is 1. The molecular formula is C27H31ClFN3O5S2. The van der Waals surface area contributed by atoms with Crippen LogP contribution in [0.25, 0.3) is 11.1 Å². The number of nitrogens with one attached hydrogen (secondary N) is 2. The summed E-state index contributed by atoms with van der Waals surface area (Å²) >= 11 is 4.95. The number of sulfonamides is 1. The molecule has 1 aromatic heterocycles. The van der Waals surface area contributed by atoms with Crippen molar-refractivity contribution in [3.8, 4) is 11.1 Å². The van der Waals surface area contributed by atoms with Crippen molar-refractivity contribution < 1.29 is 22.2 Å². The zero-order valence-corrected chi connectivity index (χ0v) is 24.9. The molecule has 0 unspecified atom stereocenters. The minimum atomic E-state index is -3.73. The van der Waals surface area contributed by atoms with Crippen molar-refractivity contribution in [3.05, 3.63) is 86.5 Å². The molecule has 2 atom stereocenters. The zero-order valence-electron chi connectivity index (χ0n) is 22.5. The third-order valence-corrected chi connectivity index (χ3v) is 9.24. The molecule has 0 saturated heterocycles. The van der Waals surface area contributed by atoms with E-state index in [9.17, 15) is 27.0 Å². The predicted molar refractivity (Wildman–Crippen MR) is 154 cm³/mol. The van der Waals surface area contributed by atoms with Gasteiger partial charge in [-0.25, -0.2) is 12.8 Å². The Kier molecular flexibility index (Phi) is 9.34. The van der Waals surface area contributed by atoms with E-state index in [1.807, 2.05) is 0 Å². The Morgan fingerprint density at radius 2 is 1.77 bits per heavy atom. The van der Waals surface area contributed by atoms with Crippen LogP contribution in [0.1, 0.15) is 62.1 Å². The SMILES string of the molecule is CCS(=O)(=O)Nc1cc(-c2cn(C)c(=O)cc2[C@H](C)N[S@@+]([O-])C(C)(C)C)c(C(=O)c2ccc(F)cc2)cc1Cl. The normalized spacial score (nSPS) is 13.7. The Morgan fingerprint density at radius 3 is 2.33 bits per heavy atom. The quantitative estimate of drug-likeness (QED) is 0.267. The van der Waals surface area contributed by atoms with Gasteiger partial charge in [-0.05, 0) is 82.1 Å². The lowest BCUT2D eigenvalue weighted by molar-refractivity contribution is 0.103. The molecular weight excluding hydrogens is 565 g/mol. The smallest absolute Gasteiger partial charge is 0.250 e. The minimum absolute atomic E-state index is 0.0207. The standard InChI is InChI=1S/C27H31ClFN3O5S2/c1-7-39(36,37)31-24-13-20(21(12-23(24)28)26(34)17-8-10-18(29)11-9-17)22-15-32(6)25(33)14-19(22)16(2)30-38(35)27(3,4)5/h8-16,30-31H,7H2,1-6H3/t16-,38-/m0/s1. The number of hydrogen-bond donors (Lipinski definition) is 2. The van der Waals surface area contributed by atoms with Crippen molar-refractivity contribution in [2.75, 3.05) is 10.5 Å². The molecule has 3 rings (SSSR count). The van der Waals surface area contributed by atoms with Crippen molar-refractivity contribution in [1.29, 1.82) is 0 Å². The number of carbonyl (C=O) groups excluding carboxylic acids is 1. The number of nitrogens with zero attached hydrogens (tertiary/aromatic N) is 1. The molecule has 0 amide bonds. The van der Waals surface area contributed by atoms with Crippen LogP contribution in [0.4, 0.5) is 10.1 Å². The maximum absolute atomic E-state index is 13.6. The van der Waals surface area contributed by atoms with E-state index >= 15 is 0 Å². The molecule has 210 valence electrons. The Bertz CT molecular complexity index is 1550. The first kappa shape index (κ1) is 30.8. The average Bonchev–Trinajstić information content (AvgIpc) is 2.85. The van der Waals surface area contributed by atoms with Crippen molar-refractivity contribution >= 4 is 44.5 Å². The first-order chi connectivity index (χ1) is 18.0. The van der Waals surface area contributed by atoms with Crippen molar-refractivity contribution in [3.63, 3.8) is 0 Å². The second-order valence-corrected chi connectivity index (χ2v) is 14.4. The highest BCUT2D eigenvalue weighted by Gasteiger charge is 2.30. The van der Waals surface area contributed by atoms with Crippen LogP contribution in [-0.4, -0.2) is 33.8 Å². The monoisotopic (exact) mass is 595 g/mol. The summed E-state index contributed by atoms with van der Waals surface area (Å²) < 4.78 is 57.3. The van der Waals surface area contributed by atoms with Gasteiger partial charge in [0.1, 0.15) is 10.6 Å². The first-order valence-corrected chi connectivity index (χ1v) is 15.3. The van der Waals surface area contributed by atoms with Crippen LogP contribution in [0.3, 0.4) is 0 Å². The summed E-state index contributed by atoms with van der Waals surface area (Å²) in [5, 5.41) is -0.0207. The molecule has 0 bridgehead atoms. The highest BCUT2D eigenvalue weighted by molar-refractivity contribution is 7.92. The van der Waals surface area contributed by atoms with Gasteiger partial charge in [-0.3, -0.25) is 14.3 Å². The van der Waals surface area contributed by atoms with Gasteiger partial charge in [0.15, 0.2) is 5.78 Å². The van der Waals surface area contributed by atoms with E-state index in [4.69, 9.17) is 11.6 Å². The third kappa shape index (κ3) is 7.29. The number of halogens is 2. The third-order valence-electron chi connectivity index (χ3n) is 5.96. The number of anilines is 1. The lowest BCUT2D eigenvalue weighted by Crippen LogP contribution is -2.41. The fourth-order valence-corrected chi connectivity index (χ4v) is 5.40. The average molecular weight is 596 g/mol. The van der Waals surface area contributed by atoms with Crippen LogP contribution < -0.4 is 15.0 Å². The summed E-state index contributed by atoms with van der Waals surface area (Å²) in [6.45, 7) is 8.62. The van der Waals surface area contributed by atoms with Gasteiger partial charge in [0.2, 0.25) is 10.0 Å². The largest absolute Gasteiger partial charge is 0.598 e. The summed E-state index contributed by atoms with van der Waals surface area (Å²) in [7, 11) is -2.19. The molecule has 0 aliphatic carbocycles. The van der Waals surface area contributed by atoms with Crippen LogP contribution in [0.15, 0.2) is 53.5 Å². The number of aromatic nitrogens is 1. The van der Waals surface area contributed by atoms with Crippen molar-refractivity contribution in [2.24, 2.45) is 7.05 Å². The molecule has 39 heavy (non-hydrogen) atoms. The van der Waals surface area contributed by atoms with Gasteiger partial charge < -0.3 is 9.12 Å². The van der Waals surface area contributed by atoms with Gasteiger partial charge in [0, 0.05) is 47.4 Å². The molecule has 0 spiro atoms. The van der Waals surface area contributed by atoms with Crippen LogP contribution in [0, 0.1) is 5.82 Å². The molecule has 0 aliphatic rings. The second kappa shape index (κ2) is 11.8. The van der Waals surface area contributed by atoms with E-state index < -0.39 is 43.8 Å². The molecule has 2 aromatic carbocycles. The molecule has 12 heteroatoms. The molecule has 0 radical (unpaired) electrons. The topological polar surface area (TPSA) is 120 Å². The lowest BCUT2D eigenvalue weighted by atomic mass is 9.90. The number of rotatable bonds is 9. The minimum Gasteiger partial charge on any atom is -0.598 e.